The molecule has 2 aromatic carbocycles. The standard InChI is InChI=1S/C19H20N2O4/c1-12-7-3-4-8-14(12)21-19(23)18(22)20-13(2)17-11-24-15-9-5-6-10-16(15)25-17/h3-10,13,17H,11H2,1-2H3,(H,20,22)(H,21,23)/t13-,17+/m1/s1. The van der Waals surface area contributed by atoms with Gasteiger partial charge < -0.3 is 20.1 Å². The molecule has 2 atom stereocenters. The molecule has 3 rings (SSSR count). The van der Waals surface area contributed by atoms with Gasteiger partial charge in [-0.2, -0.15) is 0 Å². The summed E-state index contributed by atoms with van der Waals surface area (Å²) in [4.78, 5) is 24.2. The number of para-hydroxylation sites is 3. The van der Waals surface area contributed by atoms with E-state index in [1.807, 2.05) is 37.3 Å². The predicted molar refractivity (Wildman–Crippen MR) is 93.8 cm³/mol. The normalized spacial score (nSPS) is 16.6. The first-order chi connectivity index (χ1) is 12.0. The largest absolute Gasteiger partial charge is 0.486 e. The molecule has 0 aliphatic carbocycles. The molecule has 25 heavy (non-hydrogen) atoms. The summed E-state index contributed by atoms with van der Waals surface area (Å²) in [5.41, 5.74) is 1.50. The number of aryl methyl sites for hydroxylation is 1. The van der Waals surface area contributed by atoms with Crippen LogP contribution in [0, 0.1) is 6.92 Å². The van der Waals surface area contributed by atoms with Crippen molar-refractivity contribution in [2.45, 2.75) is 26.0 Å². The minimum absolute atomic E-state index is 0.303. The van der Waals surface area contributed by atoms with Gasteiger partial charge in [0, 0.05) is 5.69 Å². The molecule has 1 aliphatic heterocycles. The molecule has 6 nitrogen and oxygen atoms in total. The van der Waals surface area contributed by atoms with E-state index >= 15 is 0 Å². The Bertz CT molecular complexity index is 790. The van der Waals surface area contributed by atoms with Gasteiger partial charge in [0.15, 0.2) is 17.6 Å². The Hall–Kier alpha value is -3.02. The fourth-order valence-corrected chi connectivity index (χ4v) is 2.54. The van der Waals surface area contributed by atoms with Gasteiger partial charge in [0.2, 0.25) is 0 Å². The van der Waals surface area contributed by atoms with Gasteiger partial charge in [0.05, 0.1) is 6.04 Å². The number of nitrogens with one attached hydrogen (secondary N) is 2. The molecule has 0 bridgehead atoms. The van der Waals surface area contributed by atoms with Crippen molar-refractivity contribution in [1.29, 1.82) is 0 Å². The lowest BCUT2D eigenvalue weighted by Crippen LogP contribution is -2.50. The van der Waals surface area contributed by atoms with Gasteiger partial charge in [-0.05, 0) is 37.6 Å². The Morgan fingerprint density at radius 2 is 1.72 bits per heavy atom. The Morgan fingerprint density at radius 1 is 1.04 bits per heavy atom. The lowest BCUT2D eigenvalue weighted by Gasteiger charge is -2.30. The Kier molecular flexibility index (Phi) is 4.88. The molecule has 0 spiro atoms. The van der Waals surface area contributed by atoms with Gasteiger partial charge in [-0.1, -0.05) is 30.3 Å². The molecular weight excluding hydrogens is 320 g/mol. The van der Waals surface area contributed by atoms with Gasteiger partial charge in [0.1, 0.15) is 6.61 Å². The molecule has 130 valence electrons. The fourth-order valence-electron chi connectivity index (χ4n) is 2.54. The molecule has 0 fully saturated rings. The van der Waals surface area contributed by atoms with E-state index in [2.05, 4.69) is 10.6 Å². The predicted octanol–water partition coefficient (Wildman–Crippen LogP) is 2.28. The van der Waals surface area contributed by atoms with Gasteiger partial charge in [-0.25, -0.2) is 0 Å². The molecule has 0 saturated carbocycles. The number of rotatable bonds is 3. The van der Waals surface area contributed by atoms with Crippen LogP contribution in [0.1, 0.15) is 12.5 Å². The maximum Gasteiger partial charge on any atom is 0.313 e. The zero-order valence-corrected chi connectivity index (χ0v) is 14.1. The number of fused-ring (bicyclic) bond motifs is 1. The van der Waals surface area contributed by atoms with Crippen LogP contribution >= 0.6 is 0 Å². The number of hydrogen-bond donors (Lipinski definition) is 2. The summed E-state index contributed by atoms with van der Waals surface area (Å²) >= 11 is 0. The smallest absolute Gasteiger partial charge is 0.313 e. The van der Waals surface area contributed by atoms with E-state index in [0.717, 1.165) is 5.56 Å². The number of benzene rings is 2. The maximum absolute atomic E-state index is 12.1. The molecule has 0 radical (unpaired) electrons. The Labute approximate surface area is 146 Å². The lowest BCUT2D eigenvalue weighted by molar-refractivity contribution is -0.137. The van der Waals surface area contributed by atoms with Crippen molar-refractivity contribution in [3.05, 3.63) is 54.1 Å². The molecule has 0 aromatic heterocycles. The first-order valence-corrected chi connectivity index (χ1v) is 8.10. The molecule has 0 unspecified atom stereocenters. The van der Waals surface area contributed by atoms with E-state index in [1.54, 1.807) is 25.1 Å². The maximum atomic E-state index is 12.1. The Balaban J connectivity index is 1.57. The monoisotopic (exact) mass is 340 g/mol. The Morgan fingerprint density at radius 3 is 2.48 bits per heavy atom. The number of carbonyl (C=O) groups excluding carboxylic acids is 2. The molecule has 0 saturated heterocycles. The van der Waals surface area contributed by atoms with Crippen molar-refractivity contribution < 1.29 is 19.1 Å². The van der Waals surface area contributed by atoms with Crippen LogP contribution in [0.3, 0.4) is 0 Å². The number of amides is 2. The zero-order chi connectivity index (χ0) is 17.8. The second-order valence-electron chi connectivity index (χ2n) is 5.95. The number of carbonyl (C=O) groups is 2. The van der Waals surface area contributed by atoms with Crippen LogP contribution in [0.25, 0.3) is 0 Å². The highest BCUT2D eigenvalue weighted by atomic mass is 16.6. The van der Waals surface area contributed by atoms with E-state index in [4.69, 9.17) is 9.47 Å². The van der Waals surface area contributed by atoms with Crippen molar-refractivity contribution in [3.8, 4) is 11.5 Å². The fraction of sp³-hybridized carbons (Fsp3) is 0.263. The second kappa shape index (κ2) is 7.25. The van der Waals surface area contributed by atoms with Gasteiger partial charge in [0.25, 0.3) is 0 Å². The summed E-state index contributed by atoms with van der Waals surface area (Å²) in [6, 6.07) is 14.2. The summed E-state index contributed by atoms with van der Waals surface area (Å²) < 4.78 is 11.5. The van der Waals surface area contributed by atoms with Crippen LogP contribution < -0.4 is 20.1 Å². The van der Waals surface area contributed by atoms with Crippen molar-refractivity contribution in [2.75, 3.05) is 11.9 Å². The molecular formula is C19H20N2O4. The molecule has 6 heteroatoms. The lowest BCUT2D eigenvalue weighted by atomic mass is 10.1. The van der Waals surface area contributed by atoms with Crippen LogP contribution in [-0.4, -0.2) is 30.6 Å². The van der Waals surface area contributed by atoms with Crippen molar-refractivity contribution in [3.63, 3.8) is 0 Å². The van der Waals surface area contributed by atoms with Crippen molar-refractivity contribution >= 4 is 17.5 Å². The quantitative estimate of drug-likeness (QED) is 0.841. The molecule has 1 aliphatic rings. The summed E-state index contributed by atoms with van der Waals surface area (Å²) in [6.45, 7) is 3.94. The summed E-state index contributed by atoms with van der Waals surface area (Å²) in [5.74, 6) is -0.115. The number of ether oxygens (including phenoxy) is 2. The second-order valence-corrected chi connectivity index (χ2v) is 5.95. The van der Waals surface area contributed by atoms with Crippen LogP contribution in [0.15, 0.2) is 48.5 Å². The van der Waals surface area contributed by atoms with E-state index < -0.39 is 11.8 Å². The highest BCUT2D eigenvalue weighted by Crippen LogP contribution is 2.31. The minimum Gasteiger partial charge on any atom is -0.486 e. The van der Waals surface area contributed by atoms with Gasteiger partial charge in [-0.3, -0.25) is 9.59 Å². The van der Waals surface area contributed by atoms with Crippen LogP contribution in [0.2, 0.25) is 0 Å². The SMILES string of the molecule is Cc1ccccc1NC(=O)C(=O)N[C@H](C)[C@@H]1COc2ccccc2O1. The summed E-state index contributed by atoms with van der Waals surface area (Å²) in [5, 5.41) is 5.27. The third-order valence-corrected chi connectivity index (χ3v) is 4.05. The number of hydrogen-bond acceptors (Lipinski definition) is 4. The van der Waals surface area contributed by atoms with Gasteiger partial charge >= 0.3 is 11.8 Å². The molecule has 2 N–H and O–H groups in total. The third kappa shape index (κ3) is 3.91. The van der Waals surface area contributed by atoms with E-state index in [9.17, 15) is 9.59 Å². The first-order valence-electron chi connectivity index (χ1n) is 8.10. The molecule has 2 amide bonds. The summed E-state index contributed by atoms with van der Waals surface area (Å²) in [7, 11) is 0. The van der Waals surface area contributed by atoms with E-state index in [-0.39, 0.29) is 12.1 Å². The average Bonchev–Trinajstić information content (AvgIpc) is 2.63. The van der Waals surface area contributed by atoms with Crippen molar-refractivity contribution in [1.82, 2.24) is 5.32 Å². The topological polar surface area (TPSA) is 76.7 Å². The zero-order valence-electron chi connectivity index (χ0n) is 14.1. The molecule has 2 aromatic rings. The van der Waals surface area contributed by atoms with Gasteiger partial charge in [-0.15, -0.1) is 0 Å². The van der Waals surface area contributed by atoms with E-state index in [1.165, 1.54) is 0 Å². The average molecular weight is 340 g/mol. The highest BCUT2D eigenvalue weighted by molar-refractivity contribution is 6.39. The highest BCUT2D eigenvalue weighted by Gasteiger charge is 2.28. The first kappa shape index (κ1) is 16.8. The van der Waals surface area contributed by atoms with E-state index in [0.29, 0.717) is 23.8 Å². The summed E-state index contributed by atoms with van der Waals surface area (Å²) in [6.07, 6.45) is -0.370. The minimum atomic E-state index is -0.710. The van der Waals surface area contributed by atoms with Crippen LogP contribution in [0.4, 0.5) is 5.69 Å². The van der Waals surface area contributed by atoms with Crippen LogP contribution in [-0.2, 0) is 9.59 Å². The number of anilines is 1. The van der Waals surface area contributed by atoms with Crippen molar-refractivity contribution in [2.24, 2.45) is 0 Å². The van der Waals surface area contributed by atoms with Crippen LogP contribution in [0.5, 0.6) is 11.5 Å². The third-order valence-electron chi connectivity index (χ3n) is 4.05. The molecule has 1 heterocycles.